The van der Waals surface area contributed by atoms with E-state index in [0.717, 1.165) is 16.3 Å². The SMILES string of the molecule is COC(=O)C(Cc1cnc[nH]1)NC(=O)CN(CC(=O)O)Cc1ccc2ccccc2c1. The minimum absolute atomic E-state index is 0.183. The van der Waals surface area contributed by atoms with Crippen LogP contribution in [-0.4, -0.2) is 64.1 Å². The van der Waals surface area contributed by atoms with Crippen LogP contribution in [0.5, 0.6) is 0 Å². The molecule has 1 aromatic heterocycles. The zero-order valence-electron chi connectivity index (χ0n) is 17.1. The van der Waals surface area contributed by atoms with Crippen LogP contribution in [0.1, 0.15) is 11.3 Å². The summed E-state index contributed by atoms with van der Waals surface area (Å²) in [5.41, 5.74) is 1.55. The molecule has 2 aromatic carbocycles. The van der Waals surface area contributed by atoms with E-state index in [1.165, 1.54) is 18.3 Å². The number of H-pyrrole nitrogens is 1. The van der Waals surface area contributed by atoms with E-state index >= 15 is 0 Å². The molecule has 9 heteroatoms. The number of hydrogen-bond acceptors (Lipinski definition) is 6. The Morgan fingerprint density at radius 2 is 1.94 bits per heavy atom. The summed E-state index contributed by atoms with van der Waals surface area (Å²) >= 11 is 0. The number of carbonyl (C=O) groups excluding carboxylic acids is 2. The van der Waals surface area contributed by atoms with Crippen molar-refractivity contribution in [2.24, 2.45) is 0 Å². The van der Waals surface area contributed by atoms with Gasteiger partial charge in [0.1, 0.15) is 6.04 Å². The first kappa shape index (κ1) is 22.0. The quantitative estimate of drug-likeness (QED) is 0.420. The molecule has 3 rings (SSSR count). The molecule has 1 atom stereocenters. The van der Waals surface area contributed by atoms with Gasteiger partial charge in [-0.15, -0.1) is 0 Å². The molecule has 1 unspecified atom stereocenters. The lowest BCUT2D eigenvalue weighted by Crippen LogP contribution is -2.47. The highest BCUT2D eigenvalue weighted by Gasteiger charge is 2.24. The van der Waals surface area contributed by atoms with Gasteiger partial charge >= 0.3 is 11.9 Å². The predicted octanol–water partition coefficient (Wildman–Crippen LogP) is 1.35. The van der Waals surface area contributed by atoms with E-state index in [2.05, 4.69) is 15.3 Å². The normalized spacial score (nSPS) is 11.9. The van der Waals surface area contributed by atoms with Crippen LogP contribution in [0.4, 0.5) is 0 Å². The summed E-state index contributed by atoms with van der Waals surface area (Å²) in [6, 6.07) is 12.8. The molecule has 0 radical (unpaired) electrons. The Kier molecular flexibility index (Phi) is 7.34. The number of nitrogens with one attached hydrogen (secondary N) is 2. The summed E-state index contributed by atoms with van der Waals surface area (Å²) in [7, 11) is 1.24. The first-order chi connectivity index (χ1) is 14.9. The van der Waals surface area contributed by atoms with E-state index in [0.29, 0.717) is 5.69 Å². The minimum Gasteiger partial charge on any atom is -0.480 e. The monoisotopic (exact) mass is 424 g/mol. The first-order valence-electron chi connectivity index (χ1n) is 9.71. The third-order valence-electron chi connectivity index (χ3n) is 4.75. The fraction of sp³-hybridized carbons (Fsp3) is 0.273. The smallest absolute Gasteiger partial charge is 0.328 e. The number of carboxylic acids is 1. The highest BCUT2D eigenvalue weighted by molar-refractivity contribution is 5.86. The van der Waals surface area contributed by atoms with E-state index in [1.807, 2.05) is 42.5 Å². The molecule has 0 saturated heterocycles. The molecule has 31 heavy (non-hydrogen) atoms. The molecule has 1 amide bonds. The summed E-state index contributed by atoms with van der Waals surface area (Å²) < 4.78 is 4.77. The number of amides is 1. The number of fused-ring (bicyclic) bond motifs is 1. The number of rotatable bonds is 10. The van der Waals surface area contributed by atoms with Crippen molar-refractivity contribution >= 4 is 28.6 Å². The fourth-order valence-corrected chi connectivity index (χ4v) is 3.35. The van der Waals surface area contributed by atoms with Gasteiger partial charge in [0.25, 0.3) is 0 Å². The van der Waals surface area contributed by atoms with Gasteiger partial charge < -0.3 is 20.1 Å². The topological polar surface area (TPSA) is 125 Å². The molecule has 0 bridgehead atoms. The van der Waals surface area contributed by atoms with E-state index in [1.54, 1.807) is 6.20 Å². The summed E-state index contributed by atoms with van der Waals surface area (Å²) in [6.45, 7) is -0.229. The van der Waals surface area contributed by atoms with Crippen molar-refractivity contribution < 1.29 is 24.2 Å². The van der Waals surface area contributed by atoms with Crippen molar-refractivity contribution in [3.63, 3.8) is 0 Å². The highest BCUT2D eigenvalue weighted by Crippen LogP contribution is 2.17. The maximum absolute atomic E-state index is 12.6. The van der Waals surface area contributed by atoms with Crippen molar-refractivity contribution in [2.45, 2.75) is 19.0 Å². The van der Waals surface area contributed by atoms with Gasteiger partial charge in [-0.1, -0.05) is 36.4 Å². The Labute approximate surface area is 179 Å². The van der Waals surface area contributed by atoms with E-state index in [-0.39, 0.29) is 26.1 Å². The van der Waals surface area contributed by atoms with Crippen LogP contribution in [0.25, 0.3) is 10.8 Å². The van der Waals surface area contributed by atoms with Crippen LogP contribution in [0.3, 0.4) is 0 Å². The number of aliphatic carboxylic acids is 1. The second kappa shape index (κ2) is 10.4. The van der Waals surface area contributed by atoms with Crippen LogP contribution in [0.15, 0.2) is 55.0 Å². The molecule has 3 aromatic rings. The molecule has 162 valence electrons. The summed E-state index contributed by atoms with van der Waals surface area (Å²) in [5.74, 6) is -2.12. The fourth-order valence-electron chi connectivity index (χ4n) is 3.35. The van der Waals surface area contributed by atoms with E-state index in [4.69, 9.17) is 4.74 Å². The molecule has 0 aliphatic rings. The van der Waals surface area contributed by atoms with Gasteiger partial charge in [0.2, 0.25) is 5.91 Å². The van der Waals surface area contributed by atoms with Gasteiger partial charge in [-0.3, -0.25) is 14.5 Å². The van der Waals surface area contributed by atoms with Gasteiger partial charge in [-0.05, 0) is 22.4 Å². The second-order valence-corrected chi connectivity index (χ2v) is 7.14. The van der Waals surface area contributed by atoms with Crippen LogP contribution in [0.2, 0.25) is 0 Å². The first-order valence-corrected chi connectivity index (χ1v) is 9.71. The molecule has 0 aliphatic carbocycles. The molecular weight excluding hydrogens is 400 g/mol. The van der Waals surface area contributed by atoms with Crippen molar-refractivity contribution in [1.29, 1.82) is 0 Å². The number of ether oxygens (including phenoxy) is 1. The largest absolute Gasteiger partial charge is 0.480 e. The summed E-state index contributed by atoms with van der Waals surface area (Å²) in [6.07, 6.45) is 3.21. The molecule has 0 fully saturated rings. The zero-order valence-corrected chi connectivity index (χ0v) is 17.1. The number of aromatic nitrogens is 2. The Morgan fingerprint density at radius 3 is 2.61 bits per heavy atom. The molecule has 0 aliphatic heterocycles. The number of imidazole rings is 1. The summed E-state index contributed by atoms with van der Waals surface area (Å²) in [4.78, 5) is 44.3. The van der Waals surface area contributed by atoms with Crippen LogP contribution < -0.4 is 5.32 Å². The van der Waals surface area contributed by atoms with Crippen LogP contribution >= 0.6 is 0 Å². The van der Waals surface area contributed by atoms with Gasteiger partial charge in [0.15, 0.2) is 0 Å². The highest BCUT2D eigenvalue weighted by atomic mass is 16.5. The standard InChI is InChI=1S/C22H24N4O5/c1-31-22(30)19(9-18-10-23-14-24-18)25-20(27)12-26(13-21(28)29)11-15-6-7-16-4-2-3-5-17(16)8-15/h2-8,10,14,19H,9,11-13H2,1H3,(H,23,24)(H,25,27)(H,28,29). The average molecular weight is 424 g/mol. The lowest BCUT2D eigenvalue weighted by atomic mass is 10.1. The third kappa shape index (κ3) is 6.38. The molecule has 0 saturated carbocycles. The molecule has 9 nitrogen and oxygen atoms in total. The van der Waals surface area contributed by atoms with Gasteiger partial charge in [-0.25, -0.2) is 9.78 Å². The maximum Gasteiger partial charge on any atom is 0.328 e. The lowest BCUT2D eigenvalue weighted by Gasteiger charge is -2.22. The Balaban J connectivity index is 1.68. The summed E-state index contributed by atoms with van der Waals surface area (Å²) in [5, 5.41) is 14.0. The number of methoxy groups -OCH3 is 1. The Morgan fingerprint density at radius 1 is 1.16 bits per heavy atom. The van der Waals surface area contributed by atoms with Crippen molar-refractivity contribution in [1.82, 2.24) is 20.2 Å². The van der Waals surface area contributed by atoms with Crippen molar-refractivity contribution in [3.05, 3.63) is 66.2 Å². The molecular formula is C22H24N4O5. The number of aromatic amines is 1. The van der Waals surface area contributed by atoms with Gasteiger partial charge in [-0.2, -0.15) is 0 Å². The number of benzene rings is 2. The maximum atomic E-state index is 12.6. The zero-order chi connectivity index (χ0) is 22.2. The number of hydrogen-bond donors (Lipinski definition) is 3. The van der Waals surface area contributed by atoms with Crippen molar-refractivity contribution in [3.8, 4) is 0 Å². The average Bonchev–Trinajstić information content (AvgIpc) is 3.25. The molecule has 0 spiro atoms. The molecule has 1 heterocycles. The van der Waals surface area contributed by atoms with Crippen LogP contribution in [-0.2, 0) is 32.1 Å². The number of esters is 1. The van der Waals surface area contributed by atoms with Gasteiger partial charge in [0, 0.05) is 24.9 Å². The second-order valence-electron chi connectivity index (χ2n) is 7.14. The minimum atomic E-state index is -1.05. The third-order valence-corrected chi connectivity index (χ3v) is 4.75. The number of nitrogens with zero attached hydrogens (tertiary/aromatic N) is 2. The number of carbonyl (C=O) groups is 3. The van der Waals surface area contributed by atoms with Gasteiger partial charge in [0.05, 0.1) is 26.5 Å². The number of carboxylic acid groups (broad SMARTS) is 1. The van der Waals surface area contributed by atoms with Crippen molar-refractivity contribution in [2.75, 3.05) is 20.2 Å². The van der Waals surface area contributed by atoms with Crippen LogP contribution in [0, 0.1) is 0 Å². The van der Waals surface area contributed by atoms with E-state index in [9.17, 15) is 19.5 Å². The molecule has 3 N–H and O–H groups in total. The van der Waals surface area contributed by atoms with E-state index < -0.39 is 23.9 Å². The lowest BCUT2D eigenvalue weighted by molar-refractivity contribution is -0.145. The Bertz CT molecular complexity index is 1050. The predicted molar refractivity (Wildman–Crippen MR) is 113 cm³/mol. The Hall–Kier alpha value is -3.72.